The summed E-state index contributed by atoms with van der Waals surface area (Å²) >= 11 is 0.827. The summed E-state index contributed by atoms with van der Waals surface area (Å²) in [5.41, 5.74) is -4.85. The van der Waals surface area contributed by atoms with E-state index in [-0.39, 0.29) is 39.1 Å². The predicted molar refractivity (Wildman–Crippen MR) is 151 cm³/mol. The van der Waals surface area contributed by atoms with Crippen LogP contribution in [0.25, 0.3) is 0 Å². The van der Waals surface area contributed by atoms with Crippen LogP contribution in [0.5, 0.6) is 0 Å². The lowest BCUT2D eigenvalue weighted by Gasteiger charge is -2.48. The van der Waals surface area contributed by atoms with Gasteiger partial charge in [0.05, 0.1) is 5.69 Å². The number of alkyl halides is 3. The van der Waals surface area contributed by atoms with E-state index in [0.717, 1.165) is 68.3 Å². The number of anilines is 2. The summed E-state index contributed by atoms with van der Waals surface area (Å²) in [5, 5.41) is 15.7. The third kappa shape index (κ3) is 7.16. The predicted octanol–water partition coefficient (Wildman–Crippen LogP) is 7.60. The molecule has 0 saturated heterocycles. The molecule has 0 bridgehead atoms. The Kier molecular flexibility index (Phi) is 9.26. The van der Waals surface area contributed by atoms with Crippen molar-refractivity contribution in [3.05, 3.63) is 22.7 Å². The highest BCUT2D eigenvalue weighted by Crippen LogP contribution is 2.48. The Balaban J connectivity index is 1.68. The van der Waals surface area contributed by atoms with Crippen LogP contribution in [-0.4, -0.2) is 48.3 Å². The third-order valence-electron chi connectivity index (χ3n) is 7.45. The van der Waals surface area contributed by atoms with Crippen LogP contribution < -0.4 is 9.62 Å². The SMILES string of the molecule is CCCCN1c2cc(NS(=O)(=O)C(F)(F)F)c(N=Nc3nnc(C(=O)OC4CCCCC4)s3)cc2C(C)CC1(C)C. The van der Waals surface area contributed by atoms with Gasteiger partial charge in [-0.2, -0.15) is 21.6 Å². The van der Waals surface area contributed by atoms with E-state index in [1.807, 2.05) is 13.8 Å². The monoisotopic (exact) mass is 616 g/mol. The number of carbonyl (C=O) groups is 1. The van der Waals surface area contributed by atoms with Gasteiger partial charge in [-0.3, -0.25) is 4.72 Å². The highest BCUT2D eigenvalue weighted by Gasteiger charge is 2.47. The molecule has 2 aromatic rings. The number of unbranched alkanes of at least 4 members (excludes halogenated alkanes) is 1. The summed E-state index contributed by atoms with van der Waals surface area (Å²) in [6.45, 7) is 8.82. The fourth-order valence-corrected chi connectivity index (χ4v) is 6.56. The maximum Gasteiger partial charge on any atom is 0.516 e. The van der Waals surface area contributed by atoms with Gasteiger partial charge in [0.25, 0.3) is 5.13 Å². The second-order valence-corrected chi connectivity index (χ2v) is 13.8. The minimum absolute atomic E-state index is 0.0165. The van der Waals surface area contributed by atoms with Crippen LogP contribution in [0.2, 0.25) is 0 Å². The van der Waals surface area contributed by atoms with Gasteiger partial charge < -0.3 is 9.64 Å². The smallest absolute Gasteiger partial charge is 0.457 e. The molecule has 4 rings (SSSR count). The summed E-state index contributed by atoms with van der Waals surface area (Å²) in [6.07, 6.45) is 7.03. The van der Waals surface area contributed by atoms with Gasteiger partial charge in [-0.05, 0) is 76.0 Å². The molecule has 41 heavy (non-hydrogen) atoms. The largest absolute Gasteiger partial charge is 0.516 e. The minimum Gasteiger partial charge on any atom is -0.457 e. The summed E-state index contributed by atoms with van der Waals surface area (Å²) in [6, 6.07) is 2.96. The first-order valence-corrected chi connectivity index (χ1v) is 16.0. The highest BCUT2D eigenvalue weighted by molar-refractivity contribution is 7.93. The lowest BCUT2D eigenvalue weighted by Crippen LogP contribution is -2.48. The molecule has 1 aromatic carbocycles. The van der Waals surface area contributed by atoms with Gasteiger partial charge in [-0.1, -0.05) is 38.0 Å². The lowest BCUT2D eigenvalue weighted by atomic mass is 9.79. The fourth-order valence-electron chi connectivity index (χ4n) is 5.44. The standard InChI is InChI=1S/C26H35F3N6O4S2/c1-5-6-12-35-21-14-20(34-41(37,38)26(27,28)29)19(13-18(21)16(2)15-25(35,3)4)30-32-24-33-31-22(40-24)23(36)39-17-10-8-7-9-11-17/h13-14,16-17,34H,5-12,15H2,1-4H3. The number of sulfonamides is 1. The molecule has 2 aliphatic rings. The molecule has 1 aliphatic heterocycles. The summed E-state index contributed by atoms with van der Waals surface area (Å²) in [5.74, 6) is -0.602. The Morgan fingerprint density at radius 2 is 1.90 bits per heavy atom. The van der Waals surface area contributed by atoms with Crippen molar-refractivity contribution >= 4 is 49.5 Å². The van der Waals surface area contributed by atoms with Crippen LogP contribution in [0.15, 0.2) is 22.4 Å². The number of carbonyl (C=O) groups excluding carboxylic acids is 1. The van der Waals surface area contributed by atoms with E-state index in [0.29, 0.717) is 12.2 Å². The molecule has 1 aromatic heterocycles. The molecule has 1 unspecified atom stereocenters. The number of aromatic nitrogens is 2. The van der Waals surface area contributed by atoms with Gasteiger partial charge in [0.2, 0.25) is 5.01 Å². The second-order valence-electron chi connectivity index (χ2n) is 11.2. The molecular weight excluding hydrogens is 581 g/mol. The lowest BCUT2D eigenvalue weighted by molar-refractivity contribution is -0.0429. The molecule has 1 atom stereocenters. The maximum absolute atomic E-state index is 13.3. The highest BCUT2D eigenvalue weighted by atomic mass is 32.2. The van der Waals surface area contributed by atoms with E-state index in [2.05, 4.69) is 39.2 Å². The average molecular weight is 617 g/mol. The van der Waals surface area contributed by atoms with Crippen molar-refractivity contribution in [2.75, 3.05) is 16.2 Å². The van der Waals surface area contributed by atoms with Gasteiger partial charge in [-0.15, -0.1) is 20.4 Å². The van der Waals surface area contributed by atoms with Gasteiger partial charge in [-0.25, -0.2) is 4.79 Å². The van der Waals surface area contributed by atoms with Crippen LogP contribution in [0.4, 0.5) is 35.4 Å². The van der Waals surface area contributed by atoms with Crippen LogP contribution in [0, 0.1) is 0 Å². The van der Waals surface area contributed by atoms with Crippen molar-refractivity contribution in [3.8, 4) is 0 Å². The third-order valence-corrected chi connectivity index (χ3v) is 9.33. The van der Waals surface area contributed by atoms with E-state index < -0.39 is 21.5 Å². The van der Waals surface area contributed by atoms with Crippen molar-refractivity contribution < 1.29 is 31.1 Å². The van der Waals surface area contributed by atoms with Crippen LogP contribution >= 0.6 is 11.3 Å². The number of halogens is 3. The number of nitrogens with zero attached hydrogens (tertiary/aromatic N) is 5. The molecule has 1 N–H and O–H groups in total. The van der Waals surface area contributed by atoms with Crippen LogP contribution in [-0.2, 0) is 14.8 Å². The summed E-state index contributed by atoms with van der Waals surface area (Å²) in [4.78, 5) is 14.6. The normalized spacial score (nSPS) is 19.8. The van der Waals surface area contributed by atoms with E-state index in [1.165, 1.54) is 6.07 Å². The number of fused-ring (bicyclic) bond motifs is 1. The van der Waals surface area contributed by atoms with E-state index >= 15 is 0 Å². The summed E-state index contributed by atoms with van der Waals surface area (Å²) in [7, 11) is -5.74. The Labute approximate surface area is 241 Å². The number of azo groups is 1. The number of hydrogen-bond acceptors (Lipinski definition) is 10. The topological polar surface area (TPSA) is 126 Å². The van der Waals surface area contributed by atoms with Gasteiger partial charge >= 0.3 is 21.5 Å². The van der Waals surface area contributed by atoms with Gasteiger partial charge in [0.1, 0.15) is 11.8 Å². The second kappa shape index (κ2) is 12.2. The minimum atomic E-state index is -5.74. The van der Waals surface area contributed by atoms with E-state index in [1.54, 1.807) is 10.8 Å². The fraction of sp³-hybridized carbons (Fsp3) is 0.654. The van der Waals surface area contributed by atoms with Gasteiger partial charge in [0.15, 0.2) is 0 Å². The van der Waals surface area contributed by atoms with Crippen molar-refractivity contribution in [1.29, 1.82) is 0 Å². The Hall–Kier alpha value is -2.81. The molecule has 226 valence electrons. The van der Waals surface area contributed by atoms with Crippen LogP contribution in [0.1, 0.15) is 100 Å². The molecule has 0 radical (unpaired) electrons. The molecule has 2 heterocycles. The molecule has 15 heteroatoms. The molecular formula is C26H35F3N6O4S2. The van der Waals surface area contributed by atoms with E-state index in [4.69, 9.17) is 4.74 Å². The number of esters is 1. The molecule has 10 nitrogen and oxygen atoms in total. The van der Waals surface area contributed by atoms with Crippen molar-refractivity contribution in [2.45, 2.75) is 102 Å². The van der Waals surface area contributed by atoms with Crippen molar-refractivity contribution in [1.82, 2.24) is 10.2 Å². The van der Waals surface area contributed by atoms with E-state index in [9.17, 15) is 26.4 Å². The molecule has 1 fully saturated rings. The number of hydrogen-bond donors (Lipinski definition) is 1. The molecule has 0 spiro atoms. The number of ether oxygens (including phenoxy) is 1. The van der Waals surface area contributed by atoms with Crippen LogP contribution in [0.3, 0.4) is 0 Å². The summed E-state index contributed by atoms with van der Waals surface area (Å²) < 4.78 is 71.4. The first-order valence-electron chi connectivity index (χ1n) is 13.7. The maximum atomic E-state index is 13.3. The number of rotatable bonds is 9. The Morgan fingerprint density at radius 1 is 1.20 bits per heavy atom. The molecule has 1 aliphatic carbocycles. The zero-order chi connectivity index (χ0) is 30.0. The Morgan fingerprint density at radius 3 is 2.56 bits per heavy atom. The molecule has 1 saturated carbocycles. The zero-order valence-electron chi connectivity index (χ0n) is 23.5. The molecule has 0 amide bonds. The first kappa shape index (κ1) is 31.1. The number of benzene rings is 1. The van der Waals surface area contributed by atoms with Crippen molar-refractivity contribution in [3.63, 3.8) is 0 Å². The average Bonchev–Trinajstić information content (AvgIpc) is 3.36. The quantitative estimate of drug-likeness (QED) is 0.227. The van der Waals surface area contributed by atoms with Crippen molar-refractivity contribution in [2.24, 2.45) is 10.2 Å². The number of nitrogens with one attached hydrogen (secondary N) is 1. The Bertz CT molecular complexity index is 1390. The zero-order valence-corrected chi connectivity index (χ0v) is 25.1. The first-order chi connectivity index (χ1) is 19.2. The van der Waals surface area contributed by atoms with Gasteiger partial charge in [0, 0.05) is 17.8 Å².